The minimum Gasteiger partial charge on any atom is -0.341 e. The lowest BCUT2D eigenvalue weighted by Gasteiger charge is -2.05. The number of hydrogen-bond acceptors (Lipinski definition) is 4. The molecule has 0 bridgehead atoms. The lowest BCUT2D eigenvalue weighted by Crippen LogP contribution is -2.20. The molecular formula is C27H24N2O3S. The molecule has 4 aromatic rings. The summed E-state index contributed by atoms with van der Waals surface area (Å²) in [5.41, 5.74) is 4.47. The van der Waals surface area contributed by atoms with Gasteiger partial charge in [-0.15, -0.1) is 0 Å². The fraction of sp³-hybridized carbons (Fsp3) is 0.222. The molecule has 1 heterocycles. The summed E-state index contributed by atoms with van der Waals surface area (Å²) in [6.45, 7) is 2.97. The van der Waals surface area contributed by atoms with Gasteiger partial charge in [-0.05, 0) is 48.4 Å². The van der Waals surface area contributed by atoms with Crippen molar-refractivity contribution in [1.29, 1.82) is 5.26 Å². The van der Waals surface area contributed by atoms with Gasteiger partial charge in [0.15, 0.2) is 0 Å². The van der Waals surface area contributed by atoms with Crippen LogP contribution in [-0.2, 0) is 39.8 Å². The number of benzene rings is 3. The summed E-state index contributed by atoms with van der Waals surface area (Å²) in [5, 5.41) is 11.1. The Labute approximate surface area is 195 Å². The van der Waals surface area contributed by atoms with Crippen LogP contribution in [0.3, 0.4) is 0 Å². The molecule has 5 nitrogen and oxygen atoms in total. The maximum atomic E-state index is 12.6. The first-order chi connectivity index (χ1) is 16.0. The van der Waals surface area contributed by atoms with Gasteiger partial charge in [-0.25, -0.2) is 0 Å². The van der Waals surface area contributed by atoms with Gasteiger partial charge < -0.3 is 4.57 Å². The van der Waals surface area contributed by atoms with Gasteiger partial charge in [-0.2, -0.15) is 5.26 Å². The van der Waals surface area contributed by atoms with Crippen molar-refractivity contribution in [2.24, 2.45) is 0 Å². The van der Waals surface area contributed by atoms with Crippen LogP contribution < -0.4 is 0 Å². The van der Waals surface area contributed by atoms with E-state index in [9.17, 15) is 13.8 Å². The summed E-state index contributed by atoms with van der Waals surface area (Å²) in [7, 11) is -1.54. The Hall–Kier alpha value is -3.56. The van der Waals surface area contributed by atoms with Crippen LogP contribution >= 0.6 is 0 Å². The molecule has 4 rings (SSSR count). The summed E-state index contributed by atoms with van der Waals surface area (Å²) >= 11 is 0. The molecule has 6 heteroatoms. The maximum absolute atomic E-state index is 12.6. The van der Waals surface area contributed by atoms with Crippen molar-refractivity contribution in [2.45, 2.75) is 26.3 Å². The average molecular weight is 457 g/mol. The van der Waals surface area contributed by atoms with E-state index in [0.717, 1.165) is 34.0 Å². The fourth-order valence-corrected chi connectivity index (χ4v) is 5.24. The van der Waals surface area contributed by atoms with Crippen LogP contribution in [0.4, 0.5) is 0 Å². The molecule has 1 atom stereocenters. The van der Waals surface area contributed by atoms with E-state index in [4.69, 9.17) is 5.26 Å². The number of hydrogen-bond donors (Lipinski definition) is 0. The highest BCUT2D eigenvalue weighted by molar-refractivity contribution is 7.86. The minimum absolute atomic E-state index is 0.131. The third-order valence-corrected chi connectivity index (χ3v) is 6.97. The van der Waals surface area contributed by atoms with Gasteiger partial charge in [-0.3, -0.25) is 13.8 Å². The molecule has 0 N–H and O–H groups in total. The normalized spacial score (nSPS) is 12.0. The van der Waals surface area contributed by atoms with Gasteiger partial charge in [0, 0.05) is 52.0 Å². The zero-order valence-electron chi connectivity index (χ0n) is 18.4. The number of fused-ring (bicyclic) bond motifs is 3. The molecule has 33 heavy (non-hydrogen) atoms. The third kappa shape index (κ3) is 5.10. The van der Waals surface area contributed by atoms with E-state index in [1.165, 1.54) is 5.52 Å². The standard InChI is InChI=1S/C27H24N2O3S/c1-2-29-26-6-4-3-5-24(26)25-15-21(11-12-27(25)29)14-23(31)18-33(32)17-22(30)13-19-7-9-20(16-28)10-8-19/h3-12,15H,2,13-14,17-18H2,1H3. The molecular weight excluding hydrogens is 432 g/mol. The molecule has 0 saturated carbocycles. The zero-order chi connectivity index (χ0) is 23.4. The molecule has 3 aromatic carbocycles. The van der Waals surface area contributed by atoms with Crippen molar-refractivity contribution in [1.82, 2.24) is 4.57 Å². The predicted molar refractivity (Wildman–Crippen MR) is 132 cm³/mol. The summed E-state index contributed by atoms with van der Waals surface area (Å²) in [5.74, 6) is -0.597. The first kappa shape index (κ1) is 22.6. The lowest BCUT2D eigenvalue weighted by molar-refractivity contribution is -0.116. The number of nitriles is 1. The molecule has 0 aliphatic rings. The molecule has 0 aliphatic carbocycles. The van der Waals surface area contributed by atoms with Crippen molar-refractivity contribution >= 4 is 44.2 Å². The molecule has 0 amide bonds. The number of rotatable bonds is 9. The highest BCUT2D eigenvalue weighted by Crippen LogP contribution is 2.29. The van der Waals surface area contributed by atoms with E-state index in [1.54, 1.807) is 24.3 Å². The Balaban J connectivity index is 1.38. The Morgan fingerprint density at radius 2 is 1.45 bits per heavy atom. The highest BCUT2D eigenvalue weighted by Gasteiger charge is 2.15. The van der Waals surface area contributed by atoms with Crippen LogP contribution in [0.5, 0.6) is 0 Å². The molecule has 0 aliphatic heterocycles. The maximum Gasteiger partial charge on any atom is 0.149 e. The quantitative estimate of drug-likeness (QED) is 0.375. The van der Waals surface area contributed by atoms with Crippen LogP contribution in [0, 0.1) is 11.3 Å². The van der Waals surface area contributed by atoms with E-state index < -0.39 is 10.8 Å². The van der Waals surface area contributed by atoms with E-state index in [0.29, 0.717) is 5.56 Å². The van der Waals surface area contributed by atoms with Crippen LogP contribution in [0.15, 0.2) is 66.7 Å². The number of Topliss-reactive ketones (excluding diaryl/α,β-unsaturated/α-hetero) is 2. The SMILES string of the molecule is CCn1c2ccccc2c2cc(CC(=O)CS(=O)CC(=O)Cc3ccc(C#N)cc3)ccc21. The van der Waals surface area contributed by atoms with Crippen molar-refractivity contribution in [3.63, 3.8) is 0 Å². The van der Waals surface area contributed by atoms with Crippen molar-refractivity contribution in [2.75, 3.05) is 11.5 Å². The van der Waals surface area contributed by atoms with Crippen LogP contribution in [0.2, 0.25) is 0 Å². The van der Waals surface area contributed by atoms with E-state index >= 15 is 0 Å². The monoisotopic (exact) mass is 456 g/mol. The lowest BCUT2D eigenvalue weighted by atomic mass is 10.1. The molecule has 0 saturated heterocycles. The number of aromatic nitrogens is 1. The number of nitrogens with zero attached hydrogens (tertiary/aromatic N) is 2. The highest BCUT2D eigenvalue weighted by atomic mass is 32.2. The van der Waals surface area contributed by atoms with Crippen molar-refractivity contribution < 1.29 is 13.8 Å². The minimum atomic E-state index is -1.54. The van der Waals surface area contributed by atoms with Crippen LogP contribution in [0.1, 0.15) is 23.6 Å². The first-order valence-corrected chi connectivity index (χ1v) is 12.3. The number of aryl methyl sites for hydroxylation is 1. The molecule has 1 unspecified atom stereocenters. The number of para-hydroxylation sites is 1. The van der Waals surface area contributed by atoms with E-state index in [1.807, 2.05) is 36.4 Å². The van der Waals surface area contributed by atoms with Gasteiger partial charge in [0.25, 0.3) is 0 Å². The first-order valence-electron chi connectivity index (χ1n) is 10.9. The third-order valence-electron chi connectivity index (χ3n) is 5.68. The Morgan fingerprint density at radius 1 is 0.848 bits per heavy atom. The summed E-state index contributed by atoms with van der Waals surface area (Å²) in [6.07, 6.45) is 0.334. The number of carbonyl (C=O) groups is 2. The van der Waals surface area contributed by atoms with Crippen molar-refractivity contribution in [3.8, 4) is 6.07 Å². The van der Waals surface area contributed by atoms with Gasteiger partial charge in [0.05, 0.1) is 23.1 Å². The zero-order valence-corrected chi connectivity index (χ0v) is 19.2. The molecule has 1 aromatic heterocycles. The Morgan fingerprint density at radius 3 is 2.12 bits per heavy atom. The fourth-order valence-electron chi connectivity index (χ4n) is 4.22. The molecule has 0 spiro atoms. The largest absolute Gasteiger partial charge is 0.341 e. The summed E-state index contributed by atoms with van der Waals surface area (Å²) in [6, 6.07) is 23.0. The number of ketones is 2. The second kappa shape index (κ2) is 9.93. The van der Waals surface area contributed by atoms with Gasteiger partial charge >= 0.3 is 0 Å². The topological polar surface area (TPSA) is 79.9 Å². The Kier molecular flexibility index (Phi) is 6.81. The summed E-state index contributed by atoms with van der Waals surface area (Å²) in [4.78, 5) is 24.8. The summed E-state index contributed by atoms with van der Waals surface area (Å²) < 4.78 is 14.7. The van der Waals surface area contributed by atoms with Gasteiger partial charge in [0.2, 0.25) is 0 Å². The number of carbonyl (C=O) groups excluding carboxylic acids is 2. The van der Waals surface area contributed by atoms with Crippen LogP contribution in [0.25, 0.3) is 21.8 Å². The molecule has 0 fully saturated rings. The van der Waals surface area contributed by atoms with Crippen LogP contribution in [-0.4, -0.2) is 31.8 Å². The second-order valence-electron chi connectivity index (χ2n) is 8.08. The Bertz CT molecular complexity index is 1410. The predicted octanol–water partition coefficient (Wildman–Crippen LogP) is 4.36. The van der Waals surface area contributed by atoms with E-state index in [2.05, 4.69) is 23.6 Å². The van der Waals surface area contributed by atoms with Crippen molar-refractivity contribution in [3.05, 3.63) is 83.4 Å². The smallest absolute Gasteiger partial charge is 0.149 e. The molecule has 166 valence electrons. The molecule has 0 radical (unpaired) electrons. The van der Waals surface area contributed by atoms with E-state index in [-0.39, 0.29) is 35.9 Å². The average Bonchev–Trinajstić information content (AvgIpc) is 3.12. The van der Waals surface area contributed by atoms with Gasteiger partial charge in [-0.1, -0.05) is 36.4 Å². The van der Waals surface area contributed by atoms with Gasteiger partial charge in [0.1, 0.15) is 11.6 Å². The second-order valence-corrected chi connectivity index (χ2v) is 9.54.